The molecule has 0 aliphatic rings. The summed E-state index contributed by atoms with van der Waals surface area (Å²) in [6, 6.07) is 8.06. The van der Waals surface area contributed by atoms with Crippen LogP contribution in [0.4, 0.5) is 5.69 Å². The summed E-state index contributed by atoms with van der Waals surface area (Å²) < 4.78 is 5.27. The van der Waals surface area contributed by atoms with Crippen molar-refractivity contribution in [1.29, 1.82) is 0 Å². The van der Waals surface area contributed by atoms with Gasteiger partial charge in [-0.15, -0.1) is 0 Å². The molecule has 0 saturated heterocycles. The first-order valence-corrected chi connectivity index (χ1v) is 7.75. The lowest BCUT2D eigenvalue weighted by molar-refractivity contribution is -0.145. The molecule has 118 valence electrons. The molecule has 0 bridgehead atoms. The number of anilines is 1. The van der Waals surface area contributed by atoms with Crippen LogP contribution in [-0.2, 0) is 16.1 Å². The van der Waals surface area contributed by atoms with Crippen molar-refractivity contribution >= 4 is 11.7 Å². The predicted molar refractivity (Wildman–Crippen MR) is 88.3 cm³/mol. The molecule has 0 unspecified atom stereocenters. The van der Waals surface area contributed by atoms with E-state index in [4.69, 9.17) is 4.74 Å². The highest BCUT2D eigenvalue weighted by Gasteiger charge is 2.09. The Morgan fingerprint density at radius 3 is 2.33 bits per heavy atom. The van der Waals surface area contributed by atoms with Gasteiger partial charge < -0.3 is 10.1 Å². The minimum absolute atomic E-state index is 0.112. The standard InChI is InChI=1S/C18H29NO2/c1-14(2)6-11-17(20)21-12-15-7-9-16(10-8-15)19-13-18(3,4)5/h7-10,14,19H,6,11-13H2,1-5H3. The third-order valence-electron chi connectivity index (χ3n) is 3.10. The number of ether oxygens (including phenoxy) is 1. The number of hydrogen-bond donors (Lipinski definition) is 1. The van der Waals surface area contributed by atoms with Gasteiger partial charge in [0.2, 0.25) is 0 Å². The third kappa shape index (κ3) is 8.38. The SMILES string of the molecule is CC(C)CCC(=O)OCc1ccc(NCC(C)(C)C)cc1. The van der Waals surface area contributed by atoms with Gasteiger partial charge in [-0.25, -0.2) is 0 Å². The zero-order valence-corrected chi connectivity index (χ0v) is 14.0. The smallest absolute Gasteiger partial charge is 0.306 e. The lowest BCUT2D eigenvalue weighted by atomic mass is 9.97. The molecule has 21 heavy (non-hydrogen) atoms. The Bertz CT molecular complexity index is 430. The number of carbonyl (C=O) groups is 1. The Morgan fingerprint density at radius 1 is 1.19 bits per heavy atom. The maximum atomic E-state index is 11.6. The molecular formula is C18H29NO2. The quantitative estimate of drug-likeness (QED) is 0.745. The van der Waals surface area contributed by atoms with Crippen molar-refractivity contribution in [3.8, 4) is 0 Å². The second kappa shape index (κ2) is 8.06. The van der Waals surface area contributed by atoms with Crippen molar-refractivity contribution in [1.82, 2.24) is 0 Å². The third-order valence-corrected chi connectivity index (χ3v) is 3.10. The first-order valence-electron chi connectivity index (χ1n) is 7.75. The van der Waals surface area contributed by atoms with E-state index in [0.717, 1.165) is 24.2 Å². The average molecular weight is 291 g/mol. The Balaban J connectivity index is 2.35. The van der Waals surface area contributed by atoms with Crippen LogP contribution >= 0.6 is 0 Å². The summed E-state index contributed by atoms with van der Waals surface area (Å²) in [6.45, 7) is 12.1. The van der Waals surface area contributed by atoms with Crippen LogP contribution < -0.4 is 5.32 Å². The molecule has 0 amide bonds. The highest BCUT2D eigenvalue weighted by atomic mass is 16.5. The maximum Gasteiger partial charge on any atom is 0.306 e. The van der Waals surface area contributed by atoms with Crippen LogP contribution in [0.25, 0.3) is 0 Å². The van der Waals surface area contributed by atoms with Crippen LogP contribution in [0.5, 0.6) is 0 Å². The van der Waals surface area contributed by atoms with Crippen LogP contribution in [0.15, 0.2) is 24.3 Å². The number of benzene rings is 1. The number of esters is 1. The first kappa shape index (κ1) is 17.5. The van der Waals surface area contributed by atoms with Gasteiger partial charge in [0.25, 0.3) is 0 Å². The zero-order chi connectivity index (χ0) is 15.9. The molecule has 3 nitrogen and oxygen atoms in total. The topological polar surface area (TPSA) is 38.3 Å². The van der Waals surface area contributed by atoms with E-state index in [-0.39, 0.29) is 11.4 Å². The molecule has 0 fully saturated rings. The van der Waals surface area contributed by atoms with Crippen LogP contribution in [0.2, 0.25) is 0 Å². The Morgan fingerprint density at radius 2 is 1.81 bits per heavy atom. The van der Waals surface area contributed by atoms with E-state index in [1.54, 1.807) is 0 Å². The van der Waals surface area contributed by atoms with Gasteiger partial charge in [-0.3, -0.25) is 4.79 Å². The molecular weight excluding hydrogens is 262 g/mol. The van der Waals surface area contributed by atoms with E-state index in [1.165, 1.54) is 0 Å². The summed E-state index contributed by atoms with van der Waals surface area (Å²) in [4.78, 5) is 11.6. The molecule has 0 atom stereocenters. The largest absolute Gasteiger partial charge is 0.461 e. The normalized spacial score (nSPS) is 11.5. The molecule has 0 aromatic heterocycles. The van der Waals surface area contributed by atoms with Crippen LogP contribution in [0.3, 0.4) is 0 Å². The monoisotopic (exact) mass is 291 g/mol. The Kier molecular flexibility index (Phi) is 6.73. The molecule has 1 aromatic carbocycles. The van der Waals surface area contributed by atoms with E-state index >= 15 is 0 Å². The molecule has 1 aromatic rings. The van der Waals surface area contributed by atoms with E-state index in [1.807, 2.05) is 24.3 Å². The fourth-order valence-electron chi connectivity index (χ4n) is 1.73. The number of carbonyl (C=O) groups excluding carboxylic acids is 1. The lowest BCUT2D eigenvalue weighted by Gasteiger charge is -2.19. The van der Waals surface area contributed by atoms with Crippen molar-refractivity contribution in [3.05, 3.63) is 29.8 Å². The van der Waals surface area contributed by atoms with Gasteiger partial charge in [-0.05, 0) is 35.4 Å². The van der Waals surface area contributed by atoms with Gasteiger partial charge in [0, 0.05) is 18.7 Å². The number of nitrogens with one attached hydrogen (secondary N) is 1. The number of hydrogen-bond acceptors (Lipinski definition) is 3. The van der Waals surface area contributed by atoms with E-state index in [0.29, 0.717) is 18.9 Å². The minimum atomic E-state index is -0.112. The van der Waals surface area contributed by atoms with Crippen molar-refractivity contribution < 1.29 is 9.53 Å². The van der Waals surface area contributed by atoms with Gasteiger partial charge in [0.1, 0.15) is 6.61 Å². The minimum Gasteiger partial charge on any atom is -0.461 e. The molecule has 3 heteroatoms. The van der Waals surface area contributed by atoms with Gasteiger partial charge in [-0.1, -0.05) is 46.8 Å². The van der Waals surface area contributed by atoms with E-state index in [9.17, 15) is 4.79 Å². The van der Waals surface area contributed by atoms with Crippen molar-refractivity contribution in [2.75, 3.05) is 11.9 Å². The van der Waals surface area contributed by atoms with Gasteiger partial charge in [0.15, 0.2) is 0 Å². The van der Waals surface area contributed by atoms with Gasteiger partial charge in [0.05, 0.1) is 0 Å². The first-order chi connectivity index (χ1) is 9.76. The molecule has 1 rings (SSSR count). The van der Waals surface area contributed by atoms with Crippen molar-refractivity contribution in [2.45, 2.75) is 54.1 Å². The highest BCUT2D eigenvalue weighted by Crippen LogP contribution is 2.16. The summed E-state index contributed by atoms with van der Waals surface area (Å²) in [5.41, 5.74) is 2.37. The van der Waals surface area contributed by atoms with Crippen molar-refractivity contribution in [3.63, 3.8) is 0 Å². The molecule has 0 spiro atoms. The molecule has 0 radical (unpaired) electrons. The Labute approximate surface area is 129 Å². The van der Waals surface area contributed by atoms with Crippen LogP contribution in [0, 0.1) is 11.3 Å². The fourth-order valence-corrected chi connectivity index (χ4v) is 1.73. The summed E-state index contributed by atoms with van der Waals surface area (Å²) in [6.07, 6.45) is 1.39. The second-order valence-electron chi connectivity index (χ2n) is 7.20. The highest BCUT2D eigenvalue weighted by molar-refractivity contribution is 5.69. The Hall–Kier alpha value is -1.51. The van der Waals surface area contributed by atoms with E-state index in [2.05, 4.69) is 39.9 Å². The molecule has 1 N–H and O–H groups in total. The lowest BCUT2D eigenvalue weighted by Crippen LogP contribution is -2.18. The molecule has 0 aliphatic heterocycles. The van der Waals surface area contributed by atoms with Gasteiger partial charge in [-0.2, -0.15) is 0 Å². The maximum absolute atomic E-state index is 11.6. The average Bonchev–Trinajstić information content (AvgIpc) is 2.41. The van der Waals surface area contributed by atoms with Crippen LogP contribution in [0.1, 0.15) is 53.0 Å². The molecule has 0 heterocycles. The summed E-state index contributed by atoms with van der Waals surface area (Å²) >= 11 is 0. The van der Waals surface area contributed by atoms with E-state index < -0.39 is 0 Å². The van der Waals surface area contributed by atoms with Gasteiger partial charge >= 0.3 is 5.97 Å². The summed E-state index contributed by atoms with van der Waals surface area (Å²) in [5.74, 6) is 0.421. The molecule has 0 saturated carbocycles. The van der Waals surface area contributed by atoms with Crippen LogP contribution in [-0.4, -0.2) is 12.5 Å². The second-order valence-corrected chi connectivity index (χ2v) is 7.20. The fraction of sp³-hybridized carbons (Fsp3) is 0.611. The summed E-state index contributed by atoms with van der Waals surface area (Å²) in [5, 5.41) is 3.40. The van der Waals surface area contributed by atoms with Crippen molar-refractivity contribution in [2.24, 2.45) is 11.3 Å². The summed E-state index contributed by atoms with van der Waals surface area (Å²) in [7, 11) is 0. The molecule has 0 aliphatic carbocycles. The number of rotatable bonds is 7. The predicted octanol–water partition coefficient (Wildman–Crippen LogP) is 4.62. The zero-order valence-electron chi connectivity index (χ0n) is 14.0.